The summed E-state index contributed by atoms with van der Waals surface area (Å²) < 4.78 is 53.6. The van der Waals surface area contributed by atoms with Gasteiger partial charge in [-0.25, -0.2) is 14.2 Å². The van der Waals surface area contributed by atoms with Crippen LogP contribution in [-0.2, 0) is 81.3 Å². The number of ether oxygens (including phenoxy) is 7. The molecule has 5 atom stereocenters. The van der Waals surface area contributed by atoms with Crippen LogP contribution in [0, 0.1) is 12.7 Å². The average molecular weight is 1240 g/mol. The van der Waals surface area contributed by atoms with E-state index in [0.717, 1.165) is 5.56 Å². The Labute approximate surface area is 515 Å². The summed E-state index contributed by atoms with van der Waals surface area (Å²) >= 11 is 0. The number of unbranched alkanes of at least 4 members (excludes halogenated alkanes) is 1. The van der Waals surface area contributed by atoms with Gasteiger partial charge in [0.05, 0.1) is 109 Å². The van der Waals surface area contributed by atoms with Crippen LogP contribution in [0.5, 0.6) is 0 Å². The van der Waals surface area contributed by atoms with Crippen LogP contribution in [-0.4, -0.2) is 173 Å². The molecular formula is C63H81FN10O15. The average Bonchev–Trinajstić information content (AvgIpc) is 1.70. The topological polar surface area (TPSA) is 347 Å². The minimum Gasteiger partial charge on any atom is -0.459 e. The molecule has 25 nitrogen and oxygen atoms in total. The molecule has 26 heteroatoms. The number of nitrogens with zero attached hydrogens (tertiary/aromatic N) is 5. The minimum atomic E-state index is -1.99. The molecule has 1 aromatic heterocycles. The first kappa shape index (κ1) is 68.7. The van der Waals surface area contributed by atoms with Crippen LogP contribution < -0.4 is 27.0 Å². The molecule has 4 aromatic rings. The molecule has 3 aliphatic rings. The van der Waals surface area contributed by atoms with E-state index in [2.05, 4.69) is 31.3 Å². The molecule has 7 rings (SSSR count). The van der Waals surface area contributed by atoms with Crippen LogP contribution in [0.2, 0.25) is 0 Å². The first-order valence-electron chi connectivity index (χ1n) is 30.0. The van der Waals surface area contributed by atoms with Gasteiger partial charge < -0.3 is 75.3 Å². The largest absolute Gasteiger partial charge is 0.459 e. The summed E-state index contributed by atoms with van der Waals surface area (Å²) in [5.74, 6) is -3.63. The lowest BCUT2D eigenvalue weighted by Crippen LogP contribution is -2.53. The second-order valence-corrected chi connectivity index (χ2v) is 21.6. The third-order valence-electron chi connectivity index (χ3n) is 15.5. The molecule has 1 aliphatic carbocycles. The number of nitrogens with two attached hydrogens (primary N) is 1. The van der Waals surface area contributed by atoms with E-state index in [1.54, 1.807) is 26.8 Å². The van der Waals surface area contributed by atoms with Crippen molar-refractivity contribution in [3.8, 4) is 0 Å². The van der Waals surface area contributed by atoms with Gasteiger partial charge in [-0.2, -0.15) is 0 Å². The summed E-state index contributed by atoms with van der Waals surface area (Å²) in [6.07, 6.45) is 2.51. The smallest absolute Gasteiger partial charge is 0.343 e. The number of hydrogen-bond acceptors (Lipinski definition) is 18. The lowest BCUT2D eigenvalue weighted by molar-refractivity contribution is -0.162. The Bertz CT molecular complexity index is 3200. The van der Waals surface area contributed by atoms with Crippen molar-refractivity contribution in [3.05, 3.63) is 133 Å². The molecule has 0 radical (unpaired) electrons. The van der Waals surface area contributed by atoms with Crippen LogP contribution in [0.25, 0.3) is 27.0 Å². The summed E-state index contributed by atoms with van der Waals surface area (Å²) in [5.41, 5.74) is 17.3. The van der Waals surface area contributed by atoms with E-state index in [4.69, 9.17) is 49.4 Å². The molecule has 3 heterocycles. The van der Waals surface area contributed by atoms with Gasteiger partial charge >= 0.3 is 5.97 Å². The van der Waals surface area contributed by atoms with Gasteiger partial charge in [-0.3, -0.25) is 24.0 Å². The zero-order chi connectivity index (χ0) is 63.7. The fourth-order valence-corrected chi connectivity index (χ4v) is 10.7. The van der Waals surface area contributed by atoms with Crippen molar-refractivity contribution in [1.29, 1.82) is 0 Å². The number of pyridine rings is 1. The van der Waals surface area contributed by atoms with Gasteiger partial charge in [0.1, 0.15) is 24.5 Å². The van der Waals surface area contributed by atoms with Crippen molar-refractivity contribution in [3.63, 3.8) is 0 Å². The number of rotatable bonds is 38. The number of aliphatic hydroxyl groups excluding tert-OH is 1. The fourth-order valence-electron chi connectivity index (χ4n) is 10.7. The number of esters is 1. The highest BCUT2D eigenvalue weighted by Crippen LogP contribution is 2.46. The van der Waals surface area contributed by atoms with Gasteiger partial charge in [-0.1, -0.05) is 54.5 Å². The molecule has 0 fully saturated rings. The molecule has 0 spiro atoms. The normalized spacial score (nSPS) is 17.6. The second kappa shape index (κ2) is 34.9. The summed E-state index contributed by atoms with van der Waals surface area (Å²) in [6.45, 7) is 9.57. The van der Waals surface area contributed by atoms with E-state index in [9.17, 15) is 39.0 Å². The van der Waals surface area contributed by atoms with Gasteiger partial charge in [0, 0.05) is 47.0 Å². The second-order valence-electron chi connectivity index (χ2n) is 21.6. The monoisotopic (exact) mass is 1240 g/mol. The standard InChI is InChI=1S/C63H81FN10O15/c1-4-63(82)47(40(2)38-89-62(63)81)35-53-57-46(37-74(53)39-75)56-49(18-17-45-41(3)48(64)36-51(70-57)55(45)56)71-61(80)58(77)43-13-15-44(16-14-43)68-59(78)50(12-8-9-20-65)72-60(79)52(34-42-10-6-5-7-11-42)69-54(76)19-22-83-24-26-85-28-30-87-32-33-88-31-29-86-27-25-84-23-21-67-73-66/h5-7,10-11,13-16,35-36,39,49-50,52,58,77,82H,4,8-9,12,17-34,37-38,65H2,1-3H3,(H,68,78)(H,69,76)(H,71,80)(H,72,79)/b53-35-/t49-,50-,52-,58?,63-/m0/s1. The number of aromatic nitrogens is 1. The maximum atomic E-state index is 15.6. The van der Waals surface area contributed by atoms with E-state index >= 15 is 4.39 Å². The lowest BCUT2D eigenvalue weighted by atomic mass is 9.81. The number of aliphatic hydroxyl groups is 2. The highest BCUT2D eigenvalue weighted by atomic mass is 19.1. The molecule has 0 bridgehead atoms. The van der Waals surface area contributed by atoms with Gasteiger partial charge in [-0.05, 0) is 122 Å². The number of azide groups is 1. The number of carbonyl (C=O) groups is 6. The van der Waals surface area contributed by atoms with Crippen LogP contribution in [0.4, 0.5) is 10.1 Å². The number of cyclic esters (lactones) is 1. The Morgan fingerprint density at radius 3 is 2.13 bits per heavy atom. The Balaban J connectivity index is 0.918. The van der Waals surface area contributed by atoms with Crippen molar-refractivity contribution in [1.82, 2.24) is 25.8 Å². The summed E-state index contributed by atoms with van der Waals surface area (Å²) in [7, 11) is 0. The number of benzene rings is 3. The number of carbonyl (C=O) groups excluding carboxylic acids is 6. The summed E-state index contributed by atoms with van der Waals surface area (Å²) in [4.78, 5) is 90.1. The van der Waals surface area contributed by atoms with E-state index in [0.29, 0.717) is 143 Å². The highest BCUT2D eigenvalue weighted by Gasteiger charge is 2.45. The van der Waals surface area contributed by atoms with E-state index in [1.807, 2.05) is 30.3 Å². The molecule has 2 aliphatic heterocycles. The Morgan fingerprint density at radius 2 is 1.52 bits per heavy atom. The van der Waals surface area contributed by atoms with Crippen LogP contribution in [0.3, 0.4) is 0 Å². The van der Waals surface area contributed by atoms with Crippen molar-refractivity contribution in [2.45, 2.75) is 109 Å². The molecule has 5 amide bonds. The quantitative estimate of drug-likeness (QED) is 0.00781. The first-order valence-corrected chi connectivity index (χ1v) is 30.0. The molecule has 0 saturated heterocycles. The minimum absolute atomic E-state index is 0.0111. The number of anilines is 1. The number of amides is 5. The molecule has 0 saturated carbocycles. The highest BCUT2D eigenvalue weighted by molar-refractivity contribution is 5.99. The third kappa shape index (κ3) is 18.9. The van der Waals surface area contributed by atoms with Crippen LogP contribution in [0.15, 0.2) is 83.0 Å². The number of aryl methyl sites for hydroxylation is 1. The van der Waals surface area contributed by atoms with Crippen molar-refractivity contribution in [2.24, 2.45) is 10.8 Å². The van der Waals surface area contributed by atoms with E-state index in [1.165, 1.54) is 35.2 Å². The maximum Gasteiger partial charge on any atom is 0.343 e. The number of hydrogen-bond donors (Lipinski definition) is 7. The number of nitrogens with one attached hydrogen (secondary N) is 4. The van der Waals surface area contributed by atoms with Gasteiger partial charge in [0.2, 0.25) is 24.1 Å². The lowest BCUT2D eigenvalue weighted by Gasteiger charge is -2.32. The molecule has 3 aromatic carbocycles. The van der Waals surface area contributed by atoms with E-state index < -0.39 is 65.2 Å². The zero-order valence-electron chi connectivity index (χ0n) is 50.6. The molecule has 1 unspecified atom stereocenters. The maximum absolute atomic E-state index is 15.6. The Hall–Kier alpha value is -7.75. The number of halogens is 1. The molecule has 8 N–H and O–H groups in total. The first-order chi connectivity index (χ1) is 43.1. The summed E-state index contributed by atoms with van der Waals surface area (Å²) in [5, 5.41) is 38.6. The Morgan fingerprint density at radius 1 is 0.876 bits per heavy atom. The van der Waals surface area contributed by atoms with E-state index in [-0.39, 0.29) is 87.6 Å². The zero-order valence-corrected chi connectivity index (χ0v) is 50.6. The molecule has 89 heavy (non-hydrogen) atoms. The predicted molar refractivity (Wildman–Crippen MR) is 325 cm³/mol. The van der Waals surface area contributed by atoms with Gasteiger partial charge in [-0.15, -0.1) is 0 Å². The van der Waals surface area contributed by atoms with Crippen molar-refractivity contribution in [2.75, 3.05) is 104 Å². The molecular weight excluding hydrogens is 1160 g/mol. The van der Waals surface area contributed by atoms with Crippen LogP contribution >= 0.6 is 0 Å². The summed E-state index contributed by atoms with van der Waals surface area (Å²) in [6, 6.07) is 13.6. The predicted octanol–water partition coefficient (Wildman–Crippen LogP) is 4.93. The third-order valence-corrected chi connectivity index (χ3v) is 15.5. The number of fused-ring (bicyclic) bond motifs is 2. The van der Waals surface area contributed by atoms with Crippen molar-refractivity contribution < 1.29 is 76.5 Å². The SMILES string of the molecule is CC[C@@]1(O)C(=O)OCC(C)=C1/C=C1/c2nc3cc(F)c(C)c4c3c(c2CN1C=O)[C@@H](NC(=O)C(O)c1ccc(NC(=O)[C@H](CCCCN)NC(=O)[C@H](Cc2ccccc2)NC(=O)CCOCCOCCOCCOCCOCCOCCN=[N+]=[N-])cc1)CC4. The Kier molecular flexibility index (Phi) is 26.9. The fraction of sp³-hybridized carbons (Fsp3) is 0.508. The van der Waals surface area contributed by atoms with Crippen molar-refractivity contribution >= 4 is 58.3 Å². The van der Waals surface area contributed by atoms with Gasteiger partial charge in [0.25, 0.3) is 5.91 Å². The van der Waals surface area contributed by atoms with Gasteiger partial charge in [0.15, 0.2) is 11.7 Å². The van der Waals surface area contributed by atoms with Crippen LogP contribution in [0.1, 0.15) is 104 Å². The molecule has 480 valence electrons.